The Morgan fingerprint density at radius 1 is 1.35 bits per heavy atom. The second-order valence-corrected chi connectivity index (χ2v) is 6.16. The van der Waals surface area contributed by atoms with Gasteiger partial charge >= 0.3 is 0 Å². The Bertz CT molecular complexity index is 577. The van der Waals surface area contributed by atoms with Crippen LogP contribution in [0.4, 0.5) is 5.69 Å². The van der Waals surface area contributed by atoms with Crippen LogP contribution in [0.5, 0.6) is 0 Å². The monoisotopic (exact) mass is 307 g/mol. The number of hydrogen-bond donors (Lipinski definition) is 2. The highest BCUT2D eigenvalue weighted by Crippen LogP contribution is 2.19. The number of aliphatic imine (C=N–C) groups is 1. The number of guanidine groups is 1. The van der Waals surface area contributed by atoms with E-state index in [-0.39, 0.29) is 0 Å². The maximum Gasteiger partial charge on any atom is 0.193 e. The summed E-state index contributed by atoms with van der Waals surface area (Å²) in [4.78, 5) is 4.26. The van der Waals surface area contributed by atoms with Gasteiger partial charge in [-0.2, -0.15) is 0 Å². The first-order valence-corrected chi connectivity index (χ1v) is 8.27. The van der Waals surface area contributed by atoms with Crippen LogP contribution in [-0.4, -0.2) is 22.4 Å². The van der Waals surface area contributed by atoms with E-state index in [0.717, 1.165) is 21.5 Å². The van der Waals surface area contributed by atoms with Gasteiger partial charge in [-0.15, -0.1) is 10.2 Å². The van der Waals surface area contributed by atoms with Gasteiger partial charge in [-0.1, -0.05) is 42.2 Å². The standard InChI is InChI=1S/C13H17N5S2/c1-3-9-4-6-10(7-5-9)16-12(14)15-8-11-17-18-13(19-2)20-11/h4-7H,3,8H2,1-2H3,(H3,14,15,16). The molecule has 0 aliphatic rings. The molecule has 0 saturated carbocycles. The summed E-state index contributed by atoms with van der Waals surface area (Å²) in [6.45, 7) is 2.58. The summed E-state index contributed by atoms with van der Waals surface area (Å²) < 4.78 is 0.942. The molecule has 1 aromatic carbocycles. The normalized spacial score (nSPS) is 11.6. The average molecular weight is 307 g/mol. The molecule has 0 radical (unpaired) electrons. The lowest BCUT2D eigenvalue weighted by Crippen LogP contribution is -2.22. The lowest BCUT2D eigenvalue weighted by atomic mass is 10.1. The summed E-state index contributed by atoms with van der Waals surface area (Å²) in [7, 11) is 0. The van der Waals surface area contributed by atoms with Crippen LogP contribution in [-0.2, 0) is 13.0 Å². The average Bonchev–Trinajstić information content (AvgIpc) is 2.94. The molecule has 106 valence electrons. The molecule has 0 unspecified atom stereocenters. The fourth-order valence-corrected chi connectivity index (χ4v) is 2.79. The fraction of sp³-hybridized carbons (Fsp3) is 0.308. The van der Waals surface area contributed by atoms with Crippen molar-refractivity contribution in [3.8, 4) is 0 Å². The van der Waals surface area contributed by atoms with Gasteiger partial charge in [0.15, 0.2) is 10.3 Å². The molecule has 0 spiro atoms. The van der Waals surface area contributed by atoms with Crippen molar-refractivity contribution in [1.82, 2.24) is 10.2 Å². The topological polar surface area (TPSA) is 76.2 Å². The Labute approximate surface area is 126 Å². The number of thioether (sulfide) groups is 1. The summed E-state index contributed by atoms with van der Waals surface area (Å²) in [5.74, 6) is 0.384. The largest absolute Gasteiger partial charge is 0.370 e. The minimum Gasteiger partial charge on any atom is -0.370 e. The van der Waals surface area contributed by atoms with Crippen molar-refractivity contribution in [1.29, 1.82) is 0 Å². The van der Waals surface area contributed by atoms with E-state index in [1.165, 1.54) is 16.9 Å². The van der Waals surface area contributed by atoms with E-state index in [2.05, 4.69) is 39.6 Å². The molecule has 20 heavy (non-hydrogen) atoms. The second kappa shape index (κ2) is 7.25. The molecule has 0 aliphatic heterocycles. The number of hydrogen-bond acceptors (Lipinski definition) is 5. The molecule has 0 saturated heterocycles. The molecule has 0 atom stereocenters. The van der Waals surface area contributed by atoms with Gasteiger partial charge in [-0.05, 0) is 30.4 Å². The Balaban J connectivity index is 1.92. The molecule has 1 heterocycles. The number of nitrogens with two attached hydrogens (primary N) is 1. The molecule has 2 rings (SSSR count). The lowest BCUT2D eigenvalue weighted by molar-refractivity contribution is 0.926. The van der Waals surface area contributed by atoms with E-state index in [1.807, 2.05) is 18.4 Å². The molecule has 7 heteroatoms. The highest BCUT2D eigenvalue weighted by molar-refractivity contribution is 8.00. The van der Waals surface area contributed by atoms with Gasteiger partial charge in [0.2, 0.25) is 0 Å². The summed E-state index contributed by atoms with van der Waals surface area (Å²) in [5, 5.41) is 12.0. The molecule has 0 fully saturated rings. The summed E-state index contributed by atoms with van der Waals surface area (Å²) in [5.41, 5.74) is 8.09. The molecule has 0 amide bonds. The van der Waals surface area contributed by atoms with Crippen LogP contribution in [0.1, 0.15) is 17.5 Å². The first kappa shape index (κ1) is 14.8. The number of aromatic nitrogens is 2. The third-order valence-corrected chi connectivity index (χ3v) is 4.53. The van der Waals surface area contributed by atoms with Crippen LogP contribution in [0.2, 0.25) is 0 Å². The first-order valence-electron chi connectivity index (χ1n) is 6.23. The Morgan fingerprint density at radius 2 is 2.10 bits per heavy atom. The van der Waals surface area contributed by atoms with E-state index in [0.29, 0.717) is 12.5 Å². The maximum absolute atomic E-state index is 5.85. The molecule has 0 bridgehead atoms. The number of aryl methyl sites for hydroxylation is 1. The Kier molecular flexibility index (Phi) is 5.37. The summed E-state index contributed by atoms with van der Waals surface area (Å²) in [6, 6.07) is 8.15. The third kappa shape index (κ3) is 4.21. The number of nitrogens with zero attached hydrogens (tertiary/aromatic N) is 3. The minimum atomic E-state index is 0.384. The maximum atomic E-state index is 5.85. The zero-order valence-electron chi connectivity index (χ0n) is 11.5. The second-order valence-electron chi connectivity index (χ2n) is 4.04. The zero-order valence-corrected chi connectivity index (χ0v) is 13.1. The van der Waals surface area contributed by atoms with Crippen LogP contribution in [0, 0.1) is 0 Å². The lowest BCUT2D eigenvalue weighted by Gasteiger charge is -2.05. The van der Waals surface area contributed by atoms with E-state index in [1.54, 1.807) is 11.8 Å². The molecular weight excluding hydrogens is 290 g/mol. The number of benzene rings is 1. The van der Waals surface area contributed by atoms with Crippen molar-refractivity contribution in [2.45, 2.75) is 24.2 Å². The van der Waals surface area contributed by atoms with Crippen LogP contribution in [0.15, 0.2) is 33.6 Å². The predicted molar refractivity (Wildman–Crippen MR) is 86.5 cm³/mol. The van der Waals surface area contributed by atoms with Crippen molar-refractivity contribution < 1.29 is 0 Å². The van der Waals surface area contributed by atoms with E-state index >= 15 is 0 Å². The van der Waals surface area contributed by atoms with Gasteiger partial charge in [0.1, 0.15) is 5.01 Å². The molecule has 5 nitrogen and oxygen atoms in total. The molecule has 1 aromatic heterocycles. The van der Waals surface area contributed by atoms with E-state index < -0.39 is 0 Å². The van der Waals surface area contributed by atoms with Crippen LogP contribution in [0.3, 0.4) is 0 Å². The van der Waals surface area contributed by atoms with Crippen LogP contribution in [0.25, 0.3) is 0 Å². The Morgan fingerprint density at radius 3 is 2.70 bits per heavy atom. The van der Waals surface area contributed by atoms with Gasteiger partial charge in [0.25, 0.3) is 0 Å². The summed E-state index contributed by atoms with van der Waals surface area (Å²) >= 11 is 3.12. The van der Waals surface area contributed by atoms with Gasteiger partial charge in [-0.25, -0.2) is 4.99 Å². The summed E-state index contributed by atoms with van der Waals surface area (Å²) in [6.07, 6.45) is 3.00. The SMILES string of the molecule is CCc1ccc(NC(N)=NCc2nnc(SC)s2)cc1. The van der Waals surface area contributed by atoms with Crippen LogP contribution < -0.4 is 11.1 Å². The number of anilines is 1. The number of rotatable bonds is 5. The van der Waals surface area contributed by atoms with Gasteiger partial charge in [-0.3, -0.25) is 0 Å². The predicted octanol–water partition coefficient (Wildman–Crippen LogP) is 2.75. The quantitative estimate of drug-likeness (QED) is 0.504. The van der Waals surface area contributed by atoms with Gasteiger partial charge in [0.05, 0.1) is 6.54 Å². The number of nitrogens with one attached hydrogen (secondary N) is 1. The minimum absolute atomic E-state index is 0.384. The van der Waals surface area contributed by atoms with Gasteiger partial charge in [0, 0.05) is 5.69 Å². The van der Waals surface area contributed by atoms with Gasteiger partial charge < -0.3 is 11.1 Å². The van der Waals surface area contributed by atoms with Crippen molar-refractivity contribution in [3.63, 3.8) is 0 Å². The van der Waals surface area contributed by atoms with Crippen molar-refractivity contribution in [3.05, 3.63) is 34.8 Å². The molecule has 0 aliphatic carbocycles. The van der Waals surface area contributed by atoms with Crippen molar-refractivity contribution in [2.75, 3.05) is 11.6 Å². The zero-order chi connectivity index (χ0) is 14.4. The van der Waals surface area contributed by atoms with E-state index in [9.17, 15) is 0 Å². The van der Waals surface area contributed by atoms with E-state index in [4.69, 9.17) is 5.73 Å². The highest BCUT2D eigenvalue weighted by atomic mass is 32.2. The first-order chi connectivity index (χ1) is 9.71. The highest BCUT2D eigenvalue weighted by Gasteiger charge is 2.02. The molecule has 3 N–H and O–H groups in total. The molecule has 2 aromatic rings. The smallest absolute Gasteiger partial charge is 0.193 e. The van der Waals surface area contributed by atoms with Crippen LogP contribution >= 0.6 is 23.1 Å². The molecular formula is C13H17N5S2. The fourth-order valence-electron chi connectivity index (χ4n) is 1.55. The van der Waals surface area contributed by atoms with Crippen molar-refractivity contribution in [2.24, 2.45) is 10.7 Å². The van der Waals surface area contributed by atoms with Crippen molar-refractivity contribution >= 4 is 34.7 Å². The third-order valence-electron chi connectivity index (χ3n) is 2.64. The Hall–Kier alpha value is -1.60.